The largest absolute Gasteiger partial charge is 0.386 e. The highest BCUT2D eigenvalue weighted by Gasteiger charge is 2.09. The van der Waals surface area contributed by atoms with Crippen molar-refractivity contribution in [1.29, 1.82) is 0 Å². The van der Waals surface area contributed by atoms with Crippen molar-refractivity contribution in [1.82, 2.24) is 5.32 Å². The molecule has 1 aromatic carbocycles. The number of rotatable bonds is 10. The predicted molar refractivity (Wildman–Crippen MR) is 90.4 cm³/mol. The second kappa shape index (κ2) is 9.59. The summed E-state index contributed by atoms with van der Waals surface area (Å²) in [6.07, 6.45) is 1.13. The molecule has 0 bridgehead atoms. The molecule has 0 aliphatic heterocycles. The van der Waals surface area contributed by atoms with E-state index in [0.29, 0.717) is 31.6 Å². The van der Waals surface area contributed by atoms with E-state index < -0.39 is 0 Å². The van der Waals surface area contributed by atoms with Gasteiger partial charge in [0.1, 0.15) is 0 Å². The second-order valence-electron chi connectivity index (χ2n) is 5.91. The van der Waals surface area contributed by atoms with Gasteiger partial charge in [-0.15, -0.1) is 0 Å². The topological polar surface area (TPSA) is 47.3 Å². The second-order valence-corrected chi connectivity index (χ2v) is 5.91. The van der Waals surface area contributed by atoms with E-state index in [9.17, 15) is 0 Å². The van der Waals surface area contributed by atoms with Gasteiger partial charge in [-0.2, -0.15) is 0 Å². The number of hydrogen-bond donors (Lipinski definition) is 2. The highest BCUT2D eigenvalue weighted by molar-refractivity contribution is 5.29. The molecule has 0 aromatic heterocycles. The molecule has 0 fully saturated rings. The van der Waals surface area contributed by atoms with Crippen molar-refractivity contribution < 1.29 is 4.74 Å². The van der Waals surface area contributed by atoms with Crippen molar-refractivity contribution in [3.8, 4) is 0 Å². The lowest BCUT2D eigenvalue weighted by Crippen LogP contribution is -2.23. The van der Waals surface area contributed by atoms with E-state index in [1.54, 1.807) is 0 Å². The van der Waals surface area contributed by atoms with Crippen LogP contribution in [0.1, 0.15) is 37.8 Å². The maximum absolute atomic E-state index is 5.37. The van der Waals surface area contributed by atoms with E-state index >= 15 is 0 Å². The Bertz CT molecular complexity index is 412. The molecule has 118 valence electrons. The summed E-state index contributed by atoms with van der Waals surface area (Å²) in [4.78, 5) is 0. The van der Waals surface area contributed by atoms with Crippen molar-refractivity contribution in [2.45, 2.75) is 33.1 Å². The Balaban J connectivity index is 2.42. The molecule has 0 amide bonds. The lowest BCUT2D eigenvalue weighted by Gasteiger charge is -2.18. The molecular weight excluding hydrogens is 260 g/mol. The minimum Gasteiger partial charge on any atom is -0.386 e. The normalized spacial score (nSPS) is 12.4. The zero-order chi connectivity index (χ0) is 15.7. The fourth-order valence-electron chi connectivity index (χ4n) is 2.24. The zero-order valence-corrected chi connectivity index (χ0v) is 13.7. The maximum Gasteiger partial charge on any atom is 0.0639 e. The fourth-order valence-corrected chi connectivity index (χ4v) is 2.24. The molecule has 0 saturated carbocycles. The summed E-state index contributed by atoms with van der Waals surface area (Å²) < 4.78 is 5.34. The average Bonchev–Trinajstić information content (AvgIpc) is 2.46. The van der Waals surface area contributed by atoms with Crippen LogP contribution in [0.2, 0.25) is 0 Å². The number of hydrogen-bond acceptors (Lipinski definition) is 3. The smallest absolute Gasteiger partial charge is 0.0639 e. The van der Waals surface area contributed by atoms with Gasteiger partial charge in [0.25, 0.3) is 0 Å². The van der Waals surface area contributed by atoms with E-state index in [2.05, 4.69) is 56.9 Å². The van der Waals surface area contributed by atoms with Crippen molar-refractivity contribution in [3.63, 3.8) is 0 Å². The Morgan fingerprint density at radius 3 is 2.43 bits per heavy atom. The van der Waals surface area contributed by atoms with Crippen LogP contribution in [0.5, 0.6) is 0 Å². The van der Waals surface area contributed by atoms with E-state index in [0.717, 1.165) is 18.7 Å². The number of ether oxygens (including phenoxy) is 1. The van der Waals surface area contributed by atoms with Crippen LogP contribution in [0.25, 0.3) is 0 Å². The van der Waals surface area contributed by atoms with Gasteiger partial charge < -0.3 is 15.8 Å². The summed E-state index contributed by atoms with van der Waals surface area (Å²) in [7, 11) is 0. The van der Waals surface area contributed by atoms with Crippen molar-refractivity contribution in [2.75, 3.05) is 26.3 Å². The van der Waals surface area contributed by atoms with Crippen LogP contribution in [-0.4, -0.2) is 26.3 Å². The first kappa shape index (κ1) is 17.7. The van der Waals surface area contributed by atoms with Gasteiger partial charge in [0, 0.05) is 24.7 Å². The molecule has 0 aliphatic carbocycles. The molecule has 0 spiro atoms. The molecule has 1 rings (SSSR count). The molecule has 0 radical (unpaired) electrons. The molecule has 0 saturated heterocycles. The quantitative estimate of drug-likeness (QED) is 0.651. The molecule has 21 heavy (non-hydrogen) atoms. The van der Waals surface area contributed by atoms with Gasteiger partial charge in [-0.3, -0.25) is 0 Å². The molecule has 3 nitrogen and oxygen atoms in total. The minimum absolute atomic E-state index is 0.299. The van der Waals surface area contributed by atoms with Crippen LogP contribution in [0, 0.1) is 5.92 Å². The zero-order valence-electron chi connectivity index (χ0n) is 13.7. The Kier molecular flexibility index (Phi) is 8.09. The highest BCUT2D eigenvalue weighted by atomic mass is 16.5. The van der Waals surface area contributed by atoms with Gasteiger partial charge in [-0.1, -0.05) is 51.6 Å². The molecule has 3 heteroatoms. The number of allylic oxidation sites excluding steroid dienone is 1. The third kappa shape index (κ3) is 6.78. The highest BCUT2D eigenvalue weighted by Crippen LogP contribution is 2.21. The standard InChI is InChI=1S/C18H30N2O/c1-14(2)13-17-5-7-18(8-6-17)15(3)16(4)20-10-12-21-11-9-19/h5-8,14-15,20H,4,9-13,19H2,1-3H3. The molecule has 0 heterocycles. The van der Waals surface area contributed by atoms with Crippen LogP contribution in [0.4, 0.5) is 0 Å². The molecule has 0 aliphatic rings. The monoisotopic (exact) mass is 290 g/mol. The first-order valence-electron chi connectivity index (χ1n) is 7.84. The van der Waals surface area contributed by atoms with E-state index in [-0.39, 0.29) is 0 Å². The SMILES string of the molecule is C=C(NCCOCCN)C(C)c1ccc(CC(C)C)cc1. The summed E-state index contributed by atoms with van der Waals surface area (Å²) in [5.41, 5.74) is 9.10. The summed E-state index contributed by atoms with van der Waals surface area (Å²) >= 11 is 0. The van der Waals surface area contributed by atoms with Gasteiger partial charge in [-0.25, -0.2) is 0 Å². The number of nitrogens with one attached hydrogen (secondary N) is 1. The van der Waals surface area contributed by atoms with Crippen LogP contribution < -0.4 is 11.1 Å². The summed E-state index contributed by atoms with van der Waals surface area (Å²) in [6.45, 7) is 13.4. The van der Waals surface area contributed by atoms with Crippen LogP contribution in [0.15, 0.2) is 36.5 Å². The lowest BCUT2D eigenvalue weighted by atomic mass is 9.95. The summed E-state index contributed by atoms with van der Waals surface area (Å²) in [6, 6.07) is 8.87. The van der Waals surface area contributed by atoms with Crippen molar-refractivity contribution >= 4 is 0 Å². The summed E-state index contributed by atoms with van der Waals surface area (Å²) in [5.74, 6) is 0.992. The summed E-state index contributed by atoms with van der Waals surface area (Å²) in [5, 5.41) is 3.33. The fraction of sp³-hybridized carbons (Fsp3) is 0.556. The average molecular weight is 290 g/mol. The third-order valence-corrected chi connectivity index (χ3v) is 3.51. The van der Waals surface area contributed by atoms with E-state index in [1.807, 2.05) is 0 Å². The van der Waals surface area contributed by atoms with Crippen LogP contribution in [0.3, 0.4) is 0 Å². The third-order valence-electron chi connectivity index (χ3n) is 3.51. The predicted octanol–water partition coefficient (Wildman–Crippen LogP) is 3.07. The Hall–Kier alpha value is -1.32. The van der Waals surface area contributed by atoms with Gasteiger partial charge in [0.2, 0.25) is 0 Å². The van der Waals surface area contributed by atoms with Gasteiger partial charge >= 0.3 is 0 Å². The van der Waals surface area contributed by atoms with Gasteiger partial charge in [-0.05, 0) is 23.5 Å². The molecule has 1 atom stereocenters. The Labute approximate surface area is 129 Å². The molecule has 3 N–H and O–H groups in total. The van der Waals surface area contributed by atoms with Crippen molar-refractivity contribution in [2.24, 2.45) is 11.7 Å². The Morgan fingerprint density at radius 2 is 1.86 bits per heavy atom. The number of nitrogens with two attached hydrogens (primary N) is 1. The first-order chi connectivity index (χ1) is 10.0. The molecular formula is C18H30N2O. The van der Waals surface area contributed by atoms with E-state index in [4.69, 9.17) is 10.5 Å². The molecule has 1 unspecified atom stereocenters. The van der Waals surface area contributed by atoms with Crippen LogP contribution >= 0.6 is 0 Å². The molecule has 1 aromatic rings. The van der Waals surface area contributed by atoms with Crippen LogP contribution in [-0.2, 0) is 11.2 Å². The maximum atomic E-state index is 5.37. The first-order valence-corrected chi connectivity index (χ1v) is 7.84. The minimum atomic E-state index is 0.299. The Morgan fingerprint density at radius 1 is 1.19 bits per heavy atom. The number of benzene rings is 1. The van der Waals surface area contributed by atoms with Gasteiger partial charge in [0.05, 0.1) is 13.2 Å². The lowest BCUT2D eigenvalue weighted by molar-refractivity contribution is 0.145. The van der Waals surface area contributed by atoms with E-state index in [1.165, 1.54) is 11.1 Å². The van der Waals surface area contributed by atoms with Crippen molar-refractivity contribution in [3.05, 3.63) is 47.7 Å². The van der Waals surface area contributed by atoms with Gasteiger partial charge in [0.15, 0.2) is 0 Å².